The third-order valence-electron chi connectivity index (χ3n) is 3.37. The Morgan fingerprint density at radius 1 is 1.00 bits per heavy atom. The van der Waals surface area contributed by atoms with Gasteiger partial charge in [-0.25, -0.2) is 0 Å². The van der Waals surface area contributed by atoms with Crippen molar-refractivity contribution in [2.45, 2.75) is 12.5 Å². The van der Waals surface area contributed by atoms with E-state index in [1.807, 2.05) is 54.7 Å². The lowest BCUT2D eigenvalue weighted by Crippen LogP contribution is -2.42. The van der Waals surface area contributed by atoms with Crippen LogP contribution in [0.2, 0.25) is 0 Å². The molecule has 0 amide bonds. The summed E-state index contributed by atoms with van der Waals surface area (Å²) in [5.41, 5.74) is 2.16. The van der Waals surface area contributed by atoms with Crippen LogP contribution in [0.3, 0.4) is 0 Å². The van der Waals surface area contributed by atoms with Crippen LogP contribution in [0.4, 0.5) is 0 Å². The van der Waals surface area contributed by atoms with Crippen molar-refractivity contribution in [1.29, 1.82) is 0 Å². The number of benzene rings is 2. The monoisotopic (exact) mass is 276 g/mol. The molecule has 1 aliphatic heterocycles. The van der Waals surface area contributed by atoms with Gasteiger partial charge in [0.25, 0.3) is 0 Å². The van der Waals surface area contributed by atoms with Gasteiger partial charge < -0.3 is 5.11 Å². The Kier molecular flexibility index (Phi) is 3.92. The van der Waals surface area contributed by atoms with E-state index >= 15 is 0 Å². The van der Waals surface area contributed by atoms with Crippen molar-refractivity contribution in [1.82, 2.24) is 0 Å². The molecule has 0 saturated carbocycles. The Morgan fingerprint density at radius 2 is 1.67 bits per heavy atom. The standard InChI is InChI=1S/C18H16N2O/c21-18-17(16-12-5-2-6-13-16)20(19-18)14-8-7-11-15-9-3-1-4-10-15/h1-7,9-14,17H,8H2/b11-7-,20-14-. The molecule has 2 aromatic carbocycles. The number of hydrogen-bond acceptors (Lipinski definition) is 2. The van der Waals surface area contributed by atoms with Gasteiger partial charge in [-0.05, 0) is 10.7 Å². The first-order valence-electron chi connectivity index (χ1n) is 6.98. The van der Waals surface area contributed by atoms with Gasteiger partial charge >= 0.3 is 0 Å². The van der Waals surface area contributed by atoms with E-state index in [4.69, 9.17) is 0 Å². The van der Waals surface area contributed by atoms with Crippen LogP contribution in [0.15, 0.2) is 71.8 Å². The van der Waals surface area contributed by atoms with Crippen LogP contribution in [0, 0.1) is 0 Å². The number of rotatable bonds is 4. The van der Waals surface area contributed by atoms with Gasteiger partial charge in [0.05, 0.1) is 0 Å². The molecule has 0 spiro atoms. The van der Waals surface area contributed by atoms with E-state index in [0.717, 1.165) is 12.0 Å². The average Bonchev–Trinajstić information content (AvgIpc) is 2.52. The van der Waals surface area contributed by atoms with Crippen LogP contribution >= 0.6 is 0 Å². The summed E-state index contributed by atoms with van der Waals surface area (Å²) in [4.78, 5) is 0. The van der Waals surface area contributed by atoms with Crippen LogP contribution in [0.5, 0.6) is 0 Å². The van der Waals surface area contributed by atoms with Gasteiger partial charge in [-0.1, -0.05) is 77.5 Å². The first-order chi connectivity index (χ1) is 10.3. The molecule has 2 aromatic rings. The van der Waals surface area contributed by atoms with Crippen molar-refractivity contribution in [3.05, 3.63) is 77.9 Å². The average molecular weight is 276 g/mol. The van der Waals surface area contributed by atoms with E-state index in [1.165, 1.54) is 5.56 Å². The molecule has 0 N–H and O–H groups in total. The molecule has 3 nitrogen and oxygen atoms in total. The number of allylic oxidation sites excluding steroid dienone is 1. The fraction of sp³-hybridized carbons (Fsp3) is 0.111. The van der Waals surface area contributed by atoms with E-state index in [1.54, 1.807) is 4.68 Å². The van der Waals surface area contributed by atoms with E-state index in [0.29, 0.717) is 0 Å². The van der Waals surface area contributed by atoms with Gasteiger partial charge in [0.2, 0.25) is 6.04 Å². The molecule has 104 valence electrons. The first kappa shape index (κ1) is 13.3. The van der Waals surface area contributed by atoms with Gasteiger partial charge in [-0.15, -0.1) is 0 Å². The second kappa shape index (κ2) is 6.18. The Hall–Kier alpha value is -2.68. The fourth-order valence-corrected chi connectivity index (χ4v) is 2.30. The normalized spacial score (nSPS) is 19.5. The molecule has 0 fully saturated rings. The van der Waals surface area contributed by atoms with Crippen LogP contribution < -0.4 is 5.11 Å². The van der Waals surface area contributed by atoms with Gasteiger partial charge in [-0.2, -0.15) is 0 Å². The minimum atomic E-state index is -0.253. The molecule has 0 saturated heterocycles. The second-order valence-electron chi connectivity index (χ2n) is 4.86. The zero-order chi connectivity index (χ0) is 14.5. The summed E-state index contributed by atoms with van der Waals surface area (Å²) in [7, 11) is 0. The molecule has 1 atom stereocenters. The van der Waals surface area contributed by atoms with E-state index in [-0.39, 0.29) is 11.9 Å². The summed E-state index contributed by atoms with van der Waals surface area (Å²) in [6.07, 6.45) is 6.82. The van der Waals surface area contributed by atoms with Gasteiger partial charge in [-0.3, -0.25) is 0 Å². The molecule has 1 aliphatic rings. The maximum Gasteiger partial charge on any atom is 0.243 e. The predicted molar refractivity (Wildman–Crippen MR) is 83.0 cm³/mol. The lowest BCUT2D eigenvalue weighted by molar-refractivity contribution is -0.603. The van der Waals surface area contributed by atoms with E-state index < -0.39 is 0 Å². The molecule has 3 heteroatoms. The molecule has 0 aliphatic carbocycles. The highest BCUT2D eigenvalue weighted by Crippen LogP contribution is 2.23. The Labute approximate surface area is 124 Å². The second-order valence-corrected chi connectivity index (χ2v) is 4.86. The Bertz CT molecular complexity index is 688. The minimum absolute atomic E-state index is 0.0792. The highest BCUT2D eigenvalue weighted by molar-refractivity contribution is 5.81. The lowest BCUT2D eigenvalue weighted by atomic mass is 10.1. The van der Waals surface area contributed by atoms with Crippen molar-refractivity contribution in [3.63, 3.8) is 0 Å². The number of hydrogen-bond donors (Lipinski definition) is 0. The topological polar surface area (TPSA) is 38.4 Å². The summed E-state index contributed by atoms with van der Waals surface area (Å²) in [6.45, 7) is 0. The Balaban J connectivity index is 1.66. The van der Waals surface area contributed by atoms with Gasteiger partial charge in [0.1, 0.15) is 5.90 Å². The summed E-state index contributed by atoms with van der Waals surface area (Å²) < 4.78 is 1.74. The smallest absolute Gasteiger partial charge is 0.243 e. The number of nitrogens with zero attached hydrogens (tertiary/aromatic N) is 2. The molecular weight excluding hydrogens is 260 g/mol. The highest BCUT2D eigenvalue weighted by atomic mass is 16.3. The van der Waals surface area contributed by atoms with Gasteiger partial charge in [0, 0.05) is 12.0 Å². The highest BCUT2D eigenvalue weighted by Gasteiger charge is 2.33. The fourth-order valence-electron chi connectivity index (χ4n) is 2.30. The Morgan fingerprint density at radius 3 is 2.33 bits per heavy atom. The summed E-state index contributed by atoms with van der Waals surface area (Å²) in [6, 6.07) is 19.6. The minimum Gasteiger partial charge on any atom is -0.853 e. The van der Waals surface area contributed by atoms with Crippen LogP contribution in [-0.2, 0) is 0 Å². The van der Waals surface area contributed by atoms with Crippen LogP contribution in [0.25, 0.3) is 6.08 Å². The lowest BCUT2D eigenvalue weighted by Gasteiger charge is -2.24. The molecule has 1 unspecified atom stereocenters. The number of hydrazone groups is 1. The van der Waals surface area contributed by atoms with E-state index in [2.05, 4.69) is 29.4 Å². The van der Waals surface area contributed by atoms with Crippen LogP contribution in [0.1, 0.15) is 23.6 Å². The summed E-state index contributed by atoms with van der Waals surface area (Å²) >= 11 is 0. The summed E-state index contributed by atoms with van der Waals surface area (Å²) in [5.74, 6) is -0.0792. The summed E-state index contributed by atoms with van der Waals surface area (Å²) in [5, 5.41) is 15.6. The molecule has 0 radical (unpaired) electrons. The molecular formula is C18H16N2O. The molecule has 3 rings (SSSR count). The first-order valence-corrected chi connectivity index (χ1v) is 6.98. The van der Waals surface area contributed by atoms with Crippen molar-refractivity contribution in [2.24, 2.45) is 5.10 Å². The zero-order valence-corrected chi connectivity index (χ0v) is 11.6. The van der Waals surface area contributed by atoms with E-state index in [9.17, 15) is 5.11 Å². The molecule has 21 heavy (non-hydrogen) atoms. The van der Waals surface area contributed by atoms with Crippen LogP contribution in [-0.4, -0.2) is 16.8 Å². The third-order valence-corrected chi connectivity index (χ3v) is 3.37. The van der Waals surface area contributed by atoms with Crippen molar-refractivity contribution in [3.8, 4) is 0 Å². The van der Waals surface area contributed by atoms with Gasteiger partial charge in [0.15, 0.2) is 6.21 Å². The SMILES string of the molecule is [O-]C1=N/[N+](=C\C/C=C\c2ccccc2)C1c1ccccc1. The predicted octanol–water partition coefficient (Wildman–Crippen LogP) is 2.60. The van der Waals surface area contributed by atoms with Crippen molar-refractivity contribution < 1.29 is 9.79 Å². The molecule has 0 aromatic heterocycles. The molecule has 0 bridgehead atoms. The maximum atomic E-state index is 11.6. The van der Waals surface area contributed by atoms with Crippen molar-refractivity contribution in [2.75, 3.05) is 0 Å². The molecule has 1 heterocycles. The largest absolute Gasteiger partial charge is 0.853 e. The quantitative estimate of drug-likeness (QED) is 0.791. The third kappa shape index (κ3) is 3.08. The van der Waals surface area contributed by atoms with Crippen molar-refractivity contribution >= 4 is 18.2 Å². The zero-order valence-electron chi connectivity index (χ0n) is 11.6. The maximum absolute atomic E-state index is 11.6.